The predicted molar refractivity (Wildman–Crippen MR) is 111 cm³/mol. The second-order valence-electron chi connectivity index (χ2n) is 7.03. The number of carbonyl (C=O) groups excluding carboxylic acids is 1. The molecule has 1 fully saturated rings. The van der Waals surface area contributed by atoms with Gasteiger partial charge in [-0.05, 0) is 49.2 Å². The van der Waals surface area contributed by atoms with Crippen molar-refractivity contribution in [1.29, 1.82) is 0 Å². The van der Waals surface area contributed by atoms with Crippen molar-refractivity contribution >= 4 is 21.7 Å². The van der Waals surface area contributed by atoms with Gasteiger partial charge in [-0.25, -0.2) is 18.7 Å². The van der Waals surface area contributed by atoms with Crippen LogP contribution in [0.4, 0.5) is 23.7 Å². The lowest BCUT2D eigenvalue weighted by atomic mass is 10.1. The van der Waals surface area contributed by atoms with Crippen LogP contribution in [0.15, 0.2) is 53.4 Å². The Morgan fingerprint density at radius 3 is 2.33 bits per heavy atom. The number of urea groups is 1. The number of alkyl halides is 3. The summed E-state index contributed by atoms with van der Waals surface area (Å²) < 4.78 is 72.3. The van der Waals surface area contributed by atoms with Gasteiger partial charge in [0.15, 0.2) is 0 Å². The van der Waals surface area contributed by atoms with E-state index in [9.17, 15) is 26.4 Å². The molecule has 2 N–H and O–H groups in total. The summed E-state index contributed by atoms with van der Waals surface area (Å²) in [5, 5.41) is 2.59. The van der Waals surface area contributed by atoms with Gasteiger partial charge in [0.1, 0.15) is 11.5 Å². The molecule has 0 atom stereocenters. The van der Waals surface area contributed by atoms with Crippen molar-refractivity contribution in [2.75, 3.05) is 25.5 Å². The molecule has 33 heavy (non-hydrogen) atoms. The molecule has 0 unspecified atom stereocenters. The van der Waals surface area contributed by atoms with Crippen LogP contribution < -0.4 is 20.3 Å². The Hall–Kier alpha value is -3.03. The summed E-state index contributed by atoms with van der Waals surface area (Å²) in [7, 11) is -2.39. The number of carbonyl (C=O) groups is 1. The third-order valence-corrected chi connectivity index (χ3v) is 6.65. The first-order chi connectivity index (χ1) is 15.6. The van der Waals surface area contributed by atoms with Gasteiger partial charge in [-0.15, -0.1) is 13.2 Å². The lowest BCUT2D eigenvalue weighted by Gasteiger charge is -2.30. The van der Waals surface area contributed by atoms with E-state index in [4.69, 9.17) is 9.57 Å². The highest BCUT2D eigenvalue weighted by Crippen LogP contribution is 2.26. The summed E-state index contributed by atoms with van der Waals surface area (Å²) >= 11 is 0. The van der Waals surface area contributed by atoms with Gasteiger partial charge in [0, 0.05) is 24.8 Å². The molecule has 0 bridgehead atoms. The Bertz CT molecular complexity index is 1060. The molecule has 0 aromatic heterocycles. The molecule has 9 nitrogen and oxygen atoms in total. The third kappa shape index (κ3) is 6.97. The number of ether oxygens (including phenoxy) is 2. The summed E-state index contributed by atoms with van der Waals surface area (Å²) in [6, 6.07) is 10.2. The number of piperidine rings is 1. The van der Waals surface area contributed by atoms with E-state index >= 15 is 0 Å². The lowest BCUT2D eigenvalue weighted by Crippen LogP contribution is -2.43. The van der Waals surface area contributed by atoms with Gasteiger partial charge < -0.3 is 14.8 Å². The first-order valence-electron chi connectivity index (χ1n) is 9.79. The fraction of sp³-hybridized carbons (Fsp3) is 0.350. The largest absolute Gasteiger partial charge is 0.573 e. The molecule has 1 aliphatic heterocycles. The molecule has 2 aromatic carbocycles. The van der Waals surface area contributed by atoms with E-state index in [1.165, 1.54) is 11.4 Å². The second kappa shape index (κ2) is 10.3. The van der Waals surface area contributed by atoms with E-state index in [-0.39, 0.29) is 18.0 Å². The number of nitrogens with zero attached hydrogens (tertiary/aromatic N) is 1. The number of hydrogen-bond donors (Lipinski definition) is 2. The van der Waals surface area contributed by atoms with Crippen LogP contribution >= 0.6 is 0 Å². The first-order valence-corrected chi connectivity index (χ1v) is 11.2. The quantitative estimate of drug-likeness (QED) is 0.577. The van der Waals surface area contributed by atoms with Crippen LogP contribution in [0.5, 0.6) is 11.5 Å². The van der Waals surface area contributed by atoms with Crippen LogP contribution in [0.25, 0.3) is 0 Å². The molecular weight excluding hydrogens is 467 g/mol. The average molecular weight is 489 g/mol. The maximum atomic E-state index is 12.7. The van der Waals surface area contributed by atoms with Gasteiger partial charge in [0.05, 0.1) is 18.1 Å². The molecule has 1 heterocycles. The van der Waals surface area contributed by atoms with Crippen molar-refractivity contribution in [3.05, 3.63) is 48.5 Å². The van der Waals surface area contributed by atoms with Gasteiger partial charge in [-0.2, -0.15) is 4.31 Å². The zero-order chi connectivity index (χ0) is 24.1. The highest BCUT2D eigenvalue weighted by atomic mass is 32.2. The summed E-state index contributed by atoms with van der Waals surface area (Å²) in [5.74, 6) is 0.0664. The van der Waals surface area contributed by atoms with Crippen molar-refractivity contribution in [3.8, 4) is 11.5 Å². The molecule has 1 aliphatic rings. The number of nitrogens with one attached hydrogen (secondary N) is 2. The number of methoxy groups -OCH3 is 1. The number of hydroxylamine groups is 1. The van der Waals surface area contributed by atoms with Crippen molar-refractivity contribution in [1.82, 2.24) is 9.79 Å². The van der Waals surface area contributed by atoms with Crippen molar-refractivity contribution in [3.63, 3.8) is 0 Å². The van der Waals surface area contributed by atoms with Gasteiger partial charge in [0.25, 0.3) is 0 Å². The van der Waals surface area contributed by atoms with Gasteiger partial charge >= 0.3 is 12.4 Å². The highest BCUT2D eigenvalue weighted by molar-refractivity contribution is 7.89. The van der Waals surface area contributed by atoms with Crippen LogP contribution in [0.1, 0.15) is 12.8 Å². The Morgan fingerprint density at radius 1 is 1.06 bits per heavy atom. The molecule has 0 radical (unpaired) electrons. The smallest absolute Gasteiger partial charge is 0.497 e. The molecular formula is C20H22F3N3O6S. The number of rotatable bonds is 7. The Labute approximate surface area is 188 Å². The summed E-state index contributed by atoms with van der Waals surface area (Å²) in [4.78, 5) is 17.2. The highest BCUT2D eigenvalue weighted by Gasteiger charge is 2.32. The second-order valence-corrected chi connectivity index (χ2v) is 8.97. The van der Waals surface area contributed by atoms with Gasteiger partial charge in [0.2, 0.25) is 10.0 Å². The van der Waals surface area contributed by atoms with E-state index in [0.717, 1.165) is 24.3 Å². The zero-order valence-electron chi connectivity index (χ0n) is 17.5. The maximum absolute atomic E-state index is 12.7. The minimum Gasteiger partial charge on any atom is -0.497 e. The van der Waals surface area contributed by atoms with E-state index in [2.05, 4.69) is 15.5 Å². The topological polar surface area (TPSA) is 106 Å². The predicted octanol–water partition coefficient (Wildman–Crippen LogP) is 3.50. The first kappa shape index (κ1) is 24.6. The lowest BCUT2D eigenvalue weighted by molar-refractivity contribution is -0.274. The Morgan fingerprint density at radius 2 is 1.73 bits per heavy atom. The number of anilines is 1. The monoisotopic (exact) mass is 489 g/mol. The van der Waals surface area contributed by atoms with Crippen LogP contribution in [0, 0.1) is 0 Å². The van der Waals surface area contributed by atoms with Crippen molar-refractivity contribution < 1.29 is 40.7 Å². The molecule has 0 aliphatic carbocycles. The number of hydrogen-bond acceptors (Lipinski definition) is 6. The standard InChI is InChI=1S/C20H22F3N3O6S/c1-30-17-4-2-3-14(13-17)24-19(27)25-32-16-9-11-26(12-10-16)33(28,29)18-7-5-15(6-8-18)31-20(21,22)23/h2-8,13,16H,9-12H2,1H3,(H2,24,25,27). The average Bonchev–Trinajstić information content (AvgIpc) is 2.77. The fourth-order valence-corrected chi connectivity index (χ4v) is 4.62. The maximum Gasteiger partial charge on any atom is 0.573 e. The summed E-state index contributed by atoms with van der Waals surface area (Å²) in [5.41, 5.74) is 2.79. The Kier molecular flexibility index (Phi) is 7.66. The van der Waals surface area contributed by atoms with Gasteiger partial charge in [-0.3, -0.25) is 4.84 Å². The van der Waals surface area contributed by atoms with Crippen LogP contribution in [0.3, 0.4) is 0 Å². The minimum absolute atomic E-state index is 0.118. The Balaban J connectivity index is 1.48. The molecule has 1 saturated heterocycles. The van der Waals surface area contributed by atoms with Crippen LogP contribution in [0.2, 0.25) is 0 Å². The van der Waals surface area contributed by atoms with Crippen LogP contribution in [-0.4, -0.2) is 51.4 Å². The van der Waals surface area contributed by atoms with Crippen LogP contribution in [-0.2, 0) is 14.9 Å². The SMILES string of the molecule is COc1cccc(NC(=O)NOC2CCN(S(=O)(=O)c3ccc(OC(F)(F)F)cc3)CC2)c1. The summed E-state index contributed by atoms with van der Waals surface area (Å²) in [6.07, 6.45) is -4.64. The van der Waals surface area contributed by atoms with Crippen molar-refractivity contribution in [2.45, 2.75) is 30.2 Å². The normalized spacial score (nSPS) is 15.6. The van der Waals surface area contributed by atoms with Gasteiger partial charge in [-0.1, -0.05) is 6.07 Å². The van der Waals surface area contributed by atoms with Crippen molar-refractivity contribution in [2.24, 2.45) is 0 Å². The van der Waals surface area contributed by atoms with E-state index in [0.29, 0.717) is 24.3 Å². The molecule has 0 spiro atoms. The number of benzene rings is 2. The fourth-order valence-electron chi connectivity index (χ4n) is 3.15. The number of halogens is 3. The molecule has 180 valence electrons. The molecule has 2 amide bonds. The van der Waals surface area contributed by atoms with E-state index < -0.39 is 34.3 Å². The molecule has 3 rings (SSSR count). The molecule has 0 saturated carbocycles. The number of sulfonamides is 1. The minimum atomic E-state index is -4.86. The third-order valence-electron chi connectivity index (χ3n) is 4.74. The van der Waals surface area contributed by atoms with E-state index in [1.54, 1.807) is 24.3 Å². The molecule has 2 aromatic rings. The summed E-state index contributed by atoms with van der Waals surface area (Å²) in [6.45, 7) is 0.236. The number of amides is 2. The molecule has 13 heteroatoms. The van der Waals surface area contributed by atoms with E-state index in [1.807, 2.05) is 0 Å². The zero-order valence-corrected chi connectivity index (χ0v) is 18.3.